The third kappa shape index (κ3) is 4.92. The first kappa shape index (κ1) is 22.4. The van der Waals surface area contributed by atoms with Gasteiger partial charge >= 0.3 is 0 Å². The third-order valence-corrected chi connectivity index (χ3v) is 9.26. The molecule has 1 N–H and O–H groups in total. The zero-order chi connectivity index (χ0) is 21.9. The monoisotopic (exact) mass is 475 g/mol. The van der Waals surface area contributed by atoms with E-state index in [2.05, 4.69) is 5.32 Å². The fourth-order valence-corrected chi connectivity index (χ4v) is 7.45. The predicted molar refractivity (Wildman–Crippen MR) is 130 cm³/mol. The summed E-state index contributed by atoms with van der Waals surface area (Å²) >= 11 is 3.06. The van der Waals surface area contributed by atoms with Crippen LogP contribution in [0.5, 0.6) is 0 Å². The van der Waals surface area contributed by atoms with E-state index in [-0.39, 0.29) is 17.6 Å². The van der Waals surface area contributed by atoms with Gasteiger partial charge in [-0.1, -0.05) is 31.0 Å². The Labute approximate surface area is 197 Å². The molecule has 1 atom stereocenters. The Balaban J connectivity index is 1.35. The van der Waals surface area contributed by atoms with Crippen LogP contribution in [-0.2, 0) is 28.9 Å². The number of fused-ring (bicyclic) bond motifs is 3. The molecule has 8 heteroatoms. The molecule has 1 aliphatic heterocycles. The minimum atomic E-state index is 0.0315. The number of carbonyl (C=O) groups excluding carboxylic acids is 1. The molecule has 1 unspecified atom stereocenters. The molecule has 2 aromatic heterocycles. The van der Waals surface area contributed by atoms with Crippen molar-refractivity contribution in [2.45, 2.75) is 88.4 Å². The van der Waals surface area contributed by atoms with E-state index in [1.807, 2.05) is 0 Å². The molecule has 1 saturated carbocycles. The number of amides is 1. The maximum absolute atomic E-state index is 13.6. The minimum Gasteiger partial charge on any atom is -0.376 e. The molecule has 2 fully saturated rings. The van der Waals surface area contributed by atoms with Gasteiger partial charge in [-0.15, -0.1) is 11.3 Å². The van der Waals surface area contributed by atoms with Crippen molar-refractivity contribution >= 4 is 39.2 Å². The van der Waals surface area contributed by atoms with Gasteiger partial charge < -0.3 is 10.1 Å². The summed E-state index contributed by atoms with van der Waals surface area (Å²) in [7, 11) is 0. The van der Waals surface area contributed by atoms with Gasteiger partial charge in [-0.2, -0.15) is 0 Å². The summed E-state index contributed by atoms with van der Waals surface area (Å²) in [5.41, 5.74) is 1.27. The number of hydrogen-bond acceptors (Lipinski definition) is 6. The molecule has 0 bridgehead atoms. The average Bonchev–Trinajstić information content (AvgIpc) is 3.46. The maximum Gasteiger partial charge on any atom is 0.263 e. The SMILES string of the molecule is O=C(CSc1nc2sc3c(c2c(=O)n1CC1CCCO1)CCCC3)NCC1CCCCC1. The lowest BCUT2D eigenvalue weighted by Crippen LogP contribution is -2.32. The first-order valence-electron chi connectivity index (χ1n) is 12.2. The summed E-state index contributed by atoms with van der Waals surface area (Å²) in [6.45, 7) is 2.06. The van der Waals surface area contributed by atoms with Crippen molar-refractivity contribution in [2.24, 2.45) is 5.92 Å². The van der Waals surface area contributed by atoms with Gasteiger partial charge in [0, 0.05) is 18.0 Å². The number of thioether (sulfide) groups is 1. The average molecular weight is 476 g/mol. The van der Waals surface area contributed by atoms with Crippen LogP contribution in [0.25, 0.3) is 10.2 Å². The highest BCUT2D eigenvalue weighted by atomic mass is 32.2. The molecule has 3 heterocycles. The molecule has 2 aliphatic carbocycles. The Kier molecular flexibility index (Phi) is 7.19. The van der Waals surface area contributed by atoms with Crippen molar-refractivity contribution in [1.29, 1.82) is 0 Å². The van der Waals surface area contributed by atoms with E-state index in [1.54, 1.807) is 15.9 Å². The van der Waals surface area contributed by atoms with Gasteiger partial charge in [-0.05, 0) is 62.8 Å². The fourth-order valence-electron chi connectivity index (χ4n) is 5.31. The lowest BCUT2D eigenvalue weighted by atomic mass is 9.89. The van der Waals surface area contributed by atoms with Crippen LogP contribution in [0, 0.1) is 5.92 Å². The standard InChI is InChI=1S/C24H33N3O3S2/c28-20(25-13-16-7-2-1-3-8-16)15-31-24-26-22-21(18-10-4-5-11-19(18)32-22)23(29)27(24)14-17-9-6-12-30-17/h16-17H,1-15H2,(H,25,28). The summed E-state index contributed by atoms with van der Waals surface area (Å²) in [4.78, 5) is 33.2. The summed E-state index contributed by atoms with van der Waals surface area (Å²) in [5, 5.41) is 4.58. The van der Waals surface area contributed by atoms with Gasteiger partial charge in [0.1, 0.15) is 4.83 Å². The van der Waals surface area contributed by atoms with Crippen molar-refractivity contribution in [2.75, 3.05) is 18.9 Å². The number of carbonyl (C=O) groups is 1. The molecule has 0 aromatic carbocycles. The third-order valence-electron chi connectivity index (χ3n) is 7.10. The van der Waals surface area contributed by atoms with Crippen molar-refractivity contribution in [1.82, 2.24) is 14.9 Å². The van der Waals surface area contributed by atoms with Crippen molar-refractivity contribution in [3.63, 3.8) is 0 Å². The lowest BCUT2D eigenvalue weighted by Gasteiger charge is -2.21. The van der Waals surface area contributed by atoms with Gasteiger partial charge in [-0.3, -0.25) is 14.2 Å². The number of rotatable bonds is 7. The quantitative estimate of drug-likeness (QED) is 0.477. The molecule has 6 nitrogen and oxygen atoms in total. The number of aromatic nitrogens is 2. The van der Waals surface area contributed by atoms with Crippen LogP contribution in [0.3, 0.4) is 0 Å². The molecular weight excluding hydrogens is 442 g/mol. The van der Waals surface area contributed by atoms with Gasteiger partial charge in [0.05, 0.1) is 23.8 Å². The van der Waals surface area contributed by atoms with Crippen LogP contribution in [0.15, 0.2) is 9.95 Å². The topological polar surface area (TPSA) is 73.2 Å². The van der Waals surface area contributed by atoms with Gasteiger partial charge in [0.25, 0.3) is 5.56 Å². The van der Waals surface area contributed by atoms with E-state index >= 15 is 0 Å². The normalized spacial score (nSPS) is 21.7. The largest absolute Gasteiger partial charge is 0.376 e. The van der Waals surface area contributed by atoms with Crippen molar-refractivity contribution in [3.8, 4) is 0 Å². The van der Waals surface area contributed by atoms with E-state index in [9.17, 15) is 9.59 Å². The minimum absolute atomic E-state index is 0.0315. The maximum atomic E-state index is 13.6. The van der Waals surface area contributed by atoms with E-state index in [4.69, 9.17) is 9.72 Å². The van der Waals surface area contributed by atoms with E-state index in [1.165, 1.54) is 60.7 Å². The molecule has 0 spiro atoms. The van der Waals surface area contributed by atoms with Crippen molar-refractivity contribution < 1.29 is 9.53 Å². The number of thiophene rings is 1. The molecule has 0 radical (unpaired) electrons. The molecule has 1 amide bonds. The Morgan fingerprint density at radius 2 is 1.97 bits per heavy atom. The highest BCUT2D eigenvalue weighted by molar-refractivity contribution is 7.99. The van der Waals surface area contributed by atoms with Gasteiger partial charge in [0.2, 0.25) is 5.91 Å². The number of nitrogens with one attached hydrogen (secondary N) is 1. The molecule has 3 aliphatic rings. The predicted octanol–water partition coefficient (Wildman–Crippen LogP) is 4.30. The Bertz CT molecular complexity index is 1020. The van der Waals surface area contributed by atoms with Crippen LogP contribution >= 0.6 is 23.1 Å². The first-order chi connectivity index (χ1) is 15.7. The number of aryl methyl sites for hydroxylation is 2. The fraction of sp³-hybridized carbons (Fsp3) is 0.708. The van der Waals surface area contributed by atoms with Crippen LogP contribution in [0.2, 0.25) is 0 Å². The van der Waals surface area contributed by atoms with Crippen LogP contribution in [-0.4, -0.2) is 40.5 Å². The van der Waals surface area contributed by atoms with E-state index in [0.717, 1.165) is 55.5 Å². The summed E-state index contributed by atoms with van der Waals surface area (Å²) in [5.74, 6) is 0.938. The zero-order valence-electron chi connectivity index (χ0n) is 18.7. The summed E-state index contributed by atoms with van der Waals surface area (Å²) < 4.78 is 7.62. The lowest BCUT2D eigenvalue weighted by molar-refractivity contribution is -0.118. The highest BCUT2D eigenvalue weighted by Gasteiger charge is 2.25. The highest BCUT2D eigenvalue weighted by Crippen LogP contribution is 2.35. The molecule has 2 aromatic rings. The second-order valence-corrected chi connectivity index (χ2v) is 11.5. The Morgan fingerprint density at radius 3 is 2.78 bits per heavy atom. The second kappa shape index (κ2) is 10.3. The zero-order valence-corrected chi connectivity index (χ0v) is 20.3. The molecule has 1 saturated heterocycles. The van der Waals surface area contributed by atoms with E-state index < -0.39 is 0 Å². The van der Waals surface area contributed by atoms with Crippen molar-refractivity contribution in [3.05, 3.63) is 20.8 Å². The second-order valence-electron chi connectivity index (χ2n) is 9.43. The molecule has 5 rings (SSSR count). The van der Waals surface area contributed by atoms with E-state index in [0.29, 0.717) is 23.4 Å². The van der Waals surface area contributed by atoms with Crippen LogP contribution in [0.4, 0.5) is 0 Å². The van der Waals surface area contributed by atoms with Gasteiger partial charge in [0.15, 0.2) is 5.16 Å². The molecule has 174 valence electrons. The Morgan fingerprint density at radius 1 is 1.12 bits per heavy atom. The number of hydrogen-bond donors (Lipinski definition) is 1. The number of nitrogens with zero attached hydrogens (tertiary/aromatic N) is 2. The molecule has 32 heavy (non-hydrogen) atoms. The number of ether oxygens (including phenoxy) is 1. The summed E-state index contributed by atoms with van der Waals surface area (Å²) in [6.07, 6.45) is 12.7. The first-order valence-corrected chi connectivity index (χ1v) is 14.1. The summed E-state index contributed by atoms with van der Waals surface area (Å²) in [6, 6.07) is 0. The van der Waals surface area contributed by atoms with Gasteiger partial charge in [-0.25, -0.2) is 4.98 Å². The Hall–Kier alpha value is -1.38. The molecular formula is C24H33N3O3S2. The van der Waals surface area contributed by atoms with Crippen LogP contribution < -0.4 is 10.9 Å². The smallest absolute Gasteiger partial charge is 0.263 e. The van der Waals surface area contributed by atoms with Crippen LogP contribution in [0.1, 0.15) is 68.2 Å².